The molecular weight excluding hydrogens is 304 g/mol. The number of nitrogens with one attached hydrogen (secondary N) is 1. The molecule has 3 rings (SSSR count). The number of nitrogens with zero attached hydrogens (tertiary/aromatic N) is 5. The third-order valence-corrected chi connectivity index (χ3v) is 4.34. The van der Waals surface area contributed by atoms with Crippen molar-refractivity contribution >= 4 is 15.7 Å². The molecule has 22 heavy (non-hydrogen) atoms. The van der Waals surface area contributed by atoms with Crippen LogP contribution in [-0.4, -0.2) is 33.0 Å². The molecule has 0 unspecified atom stereocenters. The first-order valence-electron chi connectivity index (χ1n) is 6.46. The minimum Gasteiger partial charge on any atom is -0.280 e. The molecule has 8 nitrogen and oxygen atoms in total. The van der Waals surface area contributed by atoms with Crippen molar-refractivity contribution in [2.45, 2.75) is 11.4 Å². The van der Waals surface area contributed by atoms with Gasteiger partial charge < -0.3 is 0 Å². The maximum atomic E-state index is 12.2. The summed E-state index contributed by atoms with van der Waals surface area (Å²) in [7, 11) is -1.95. The predicted octanol–water partition coefficient (Wildman–Crippen LogP) is 0.861. The van der Waals surface area contributed by atoms with Crippen LogP contribution >= 0.6 is 0 Å². The summed E-state index contributed by atoms with van der Waals surface area (Å²) >= 11 is 0. The minimum atomic E-state index is -3.62. The van der Waals surface area contributed by atoms with Crippen molar-refractivity contribution in [1.29, 1.82) is 0 Å². The lowest BCUT2D eigenvalue weighted by Gasteiger charge is -2.07. The van der Waals surface area contributed by atoms with Gasteiger partial charge in [-0.15, -0.1) is 0 Å². The number of aryl methyl sites for hydroxylation is 1. The molecule has 0 aliphatic heterocycles. The van der Waals surface area contributed by atoms with E-state index >= 15 is 0 Å². The number of benzene rings is 1. The van der Waals surface area contributed by atoms with Crippen LogP contribution in [0.4, 0.5) is 5.69 Å². The summed E-state index contributed by atoms with van der Waals surface area (Å²) in [5.41, 5.74) is 1.49. The summed E-state index contributed by atoms with van der Waals surface area (Å²) in [6.07, 6.45) is 5.85. The zero-order valence-electron chi connectivity index (χ0n) is 11.8. The summed E-state index contributed by atoms with van der Waals surface area (Å²) in [5, 5.41) is 7.88. The predicted molar refractivity (Wildman–Crippen MR) is 79.6 cm³/mol. The average Bonchev–Trinajstić information content (AvgIpc) is 3.12. The Kier molecular flexibility index (Phi) is 3.63. The van der Waals surface area contributed by atoms with Crippen molar-refractivity contribution in [3.8, 4) is 0 Å². The van der Waals surface area contributed by atoms with Crippen LogP contribution in [0.5, 0.6) is 0 Å². The van der Waals surface area contributed by atoms with Crippen molar-refractivity contribution in [3.05, 3.63) is 54.9 Å². The van der Waals surface area contributed by atoms with E-state index < -0.39 is 10.0 Å². The molecule has 0 aliphatic rings. The Balaban J connectivity index is 1.73. The van der Waals surface area contributed by atoms with Gasteiger partial charge in [-0.1, -0.05) is 12.1 Å². The van der Waals surface area contributed by atoms with E-state index in [1.54, 1.807) is 30.2 Å². The summed E-state index contributed by atoms with van der Waals surface area (Å²) in [5.74, 6) is 0. The van der Waals surface area contributed by atoms with Gasteiger partial charge >= 0.3 is 0 Å². The van der Waals surface area contributed by atoms with Gasteiger partial charge in [0, 0.05) is 18.9 Å². The molecule has 0 bridgehead atoms. The highest BCUT2D eigenvalue weighted by atomic mass is 32.2. The number of anilines is 1. The Hall–Kier alpha value is -2.68. The highest BCUT2D eigenvalue weighted by molar-refractivity contribution is 7.92. The molecule has 0 atom stereocenters. The highest BCUT2D eigenvalue weighted by Gasteiger charge is 2.15. The monoisotopic (exact) mass is 318 g/mol. The van der Waals surface area contributed by atoms with Crippen LogP contribution in [0.3, 0.4) is 0 Å². The molecule has 2 heterocycles. The Morgan fingerprint density at radius 3 is 2.55 bits per heavy atom. The summed E-state index contributed by atoms with van der Waals surface area (Å²) in [4.78, 5) is 4.00. The molecule has 0 amide bonds. The van der Waals surface area contributed by atoms with Gasteiger partial charge in [-0.05, 0) is 17.7 Å². The molecule has 1 N–H and O–H groups in total. The molecule has 0 fully saturated rings. The Morgan fingerprint density at radius 1 is 1.18 bits per heavy atom. The van der Waals surface area contributed by atoms with Gasteiger partial charge in [0.25, 0.3) is 10.0 Å². The molecule has 114 valence electrons. The summed E-state index contributed by atoms with van der Waals surface area (Å²) < 4.78 is 30.0. The van der Waals surface area contributed by atoms with Crippen molar-refractivity contribution in [2.75, 3.05) is 4.72 Å². The van der Waals surface area contributed by atoms with Crippen molar-refractivity contribution < 1.29 is 8.42 Å². The van der Waals surface area contributed by atoms with Gasteiger partial charge in [-0.2, -0.15) is 10.2 Å². The Morgan fingerprint density at radius 2 is 1.95 bits per heavy atom. The zero-order valence-corrected chi connectivity index (χ0v) is 12.6. The van der Waals surface area contributed by atoms with E-state index in [0.29, 0.717) is 12.2 Å². The molecule has 2 aromatic heterocycles. The molecular formula is C13H14N6O2S. The van der Waals surface area contributed by atoms with E-state index in [9.17, 15) is 8.42 Å². The normalized spacial score (nSPS) is 11.5. The number of hydrogen-bond donors (Lipinski definition) is 1. The molecule has 1 aromatic carbocycles. The minimum absolute atomic E-state index is 0.127. The van der Waals surface area contributed by atoms with Crippen LogP contribution in [0.1, 0.15) is 5.56 Å². The van der Waals surface area contributed by atoms with E-state index in [1.807, 2.05) is 12.1 Å². The molecule has 0 saturated carbocycles. The second-order valence-electron chi connectivity index (χ2n) is 4.75. The number of rotatable bonds is 5. The lowest BCUT2D eigenvalue weighted by atomic mass is 10.2. The second-order valence-corrected chi connectivity index (χ2v) is 6.43. The third kappa shape index (κ3) is 3.14. The van der Waals surface area contributed by atoms with Crippen LogP contribution in [0.15, 0.2) is 54.2 Å². The van der Waals surface area contributed by atoms with Crippen LogP contribution in [-0.2, 0) is 23.6 Å². The first-order valence-corrected chi connectivity index (χ1v) is 7.94. The van der Waals surface area contributed by atoms with Crippen molar-refractivity contribution in [3.63, 3.8) is 0 Å². The first kappa shape index (κ1) is 14.3. The fourth-order valence-electron chi connectivity index (χ4n) is 1.93. The van der Waals surface area contributed by atoms with Gasteiger partial charge in [0.15, 0.2) is 0 Å². The molecule has 0 radical (unpaired) electrons. The molecule has 0 spiro atoms. The van der Waals surface area contributed by atoms with Gasteiger partial charge in [0.1, 0.15) is 17.6 Å². The van der Waals surface area contributed by atoms with E-state index in [-0.39, 0.29) is 4.90 Å². The van der Waals surface area contributed by atoms with E-state index in [0.717, 1.165) is 5.56 Å². The molecule has 0 aliphatic carbocycles. The fourth-order valence-corrected chi connectivity index (χ4v) is 2.97. The summed E-state index contributed by atoms with van der Waals surface area (Å²) in [6.45, 7) is 0.579. The standard InChI is InChI=1S/C13H14N6O2S/c1-18-8-13(6-15-18)22(20,21)17-12-4-2-11(3-5-12)7-19-10-14-9-16-19/h2-6,8-10,17H,7H2,1H3. The van der Waals surface area contributed by atoms with E-state index in [2.05, 4.69) is 19.9 Å². The van der Waals surface area contributed by atoms with E-state index in [1.165, 1.54) is 23.4 Å². The first-order chi connectivity index (χ1) is 10.5. The fraction of sp³-hybridized carbons (Fsp3) is 0.154. The molecule has 0 saturated heterocycles. The maximum Gasteiger partial charge on any atom is 0.265 e. The van der Waals surface area contributed by atoms with Crippen molar-refractivity contribution in [1.82, 2.24) is 24.5 Å². The van der Waals surface area contributed by atoms with Gasteiger partial charge in [0.05, 0.1) is 12.7 Å². The van der Waals surface area contributed by atoms with Crippen LogP contribution in [0, 0.1) is 0 Å². The number of sulfonamides is 1. The number of hydrogen-bond acceptors (Lipinski definition) is 5. The average molecular weight is 318 g/mol. The van der Waals surface area contributed by atoms with Crippen LogP contribution in [0.25, 0.3) is 0 Å². The van der Waals surface area contributed by atoms with Gasteiger partial charge in [-0.3, -0.25) is 9.40 Å². The topological polar surface area (TPSA) is 94.7 Å². The third-order valence-electron chi connectivity index (χ3n) is 3.01. The Bertz CT molecular complexity index is 852. The largest absolute Gasteiger partial charge is 0.280 e. The lowest BCUT2D eigenvalue weighted by molar-refractivity contribution is 0.601. The number of aromatic nitrogens is 5. The lowest BCUT2D eigenvalue weighted by Crippen LogP contribution is -2.12. The second kappa shape index (κ2) is 5.60. The van der Waals surface area contributed by atoms with Gasteiger partial charge in [-0.25, -0.2) is 18.1 Å². The molecule has 3 aromatic rings. The Labute approximate surface area is 127 Å². The SMILES string of the molecule is Cn1cc(S(=O)(=O)Nc2ccc(Cn3cncn3)cc2)cn1. The zero-order chi connectivity index (χ0) is 15.6. The van der Waals surface area contributed by atoms with Crippen LogP contribution < -0.4 is 4.72 Å². The summed E-state index contributed by atoms with van der Waals surface area (Å²) in [6, 6.07) is 7.09. The van der Waals surface area contributed by atoms with Gasteiger partial charge in [0.2, 0.25) is 0 Å². The van der Waals surface area contributed by atoms with E-state index in [4.69, 9.17) is 0 Å². The van der Waals surface area contributed by atoms with Crippen molar-refractivity contribution in [2.24, 2.45) is 7.05 Å². The molecule has 9 heteroatoms. The maximum absolute atomic E-state index is 12.2. The van der Waals surface area contributed by atoms with Crippen LogP contribution in [0.2, 0.25) is 0 Å². The highest BCUT2D eigenvalue weighted by Crippen LogP contribution is 2.16. The smallest absolute Gasteiger partial charge is 0.265 e. The quantitative estimate of drug-likeness (QED) is 0.753.